The van der Waals surface area contributed by atoms with Gasteiger partial charge in [0, 0.05) is 28.8 Å². The van der Waals surface area contributed by atoms with Gasteiger partial charge in [-0.05, 0) is 102 Å². The minimum absolute atomic E-state index is 0.0141. The molecule has 56 heavy (non-hydrogen) atoms. The molecule has 5 aliphatic rings. The maximum absolute atomic E-state index is 15.1. The molecule has 4 amide bonds. The minimum atomic E-state index is -4.01. The van der Waals surface area contributed by atoms with Gasteiger partial charge in [0.05, 0.1) is 17.9 Å². The van der Waals surface area contributed by atoms with Gasteiger partial charge >= 0.3 is 6.09 Å². The maximum Gasteiger partial charge on any atom is 0.408 e. The first-order valence-corrected chi connectivity index (χ1v) is 21.4. The Morgan fingerprint density at radius 3 is 2.52 bits per heavy atom. The second-order valence-corrected chi connectivity index (χ2v) is 20.1. The number of fused-ring (bicyclic) bond motifs is 5. The van der Waals surface area contributed by atoms with Crippen molar-refractivity contribution in [3.8, 4) is 11.8 Å². The molecular weight excluding hydrogens is 739 g/mol. The molecule has 15 heteroatoms. The smallest absolute Gasteiger partial charge is 0.408 e. The molecule has 2 aromatic rings. The second kappa shape index (κ2) is 14.5. The first-order valence-electron chi connectivity index (χ1n) is 19.9. The van der Waals surface area contributed by atoms with Crippen LogP contribution in [-0.4, -0.2) is 99.3 Å². The molecule has 3 fully saturated rings. The van der Waals surface area contributed by atoms with Crippen molar-refractivity contribution < 1.29 is 42.2 Å². The van der Waals surface area contributed by atoms with E-state index < -0.39 is 79.7 Å². The highest BCUT2D eigenvalue weighted by Crippen LogP contribution is 2.48. The first kappa shape index (κ1) is 39.8. The zero-order chi connectivity index (χ0) is 40.4. The topological polar surface area (TPSA) is 185 Å². The number of nitrogens with zero attached hydrogens (tertiary/aromatic N) is 3. The van der Waals surface area contributed by atoms with Gasteiger partial charge in [0.15, 0.2) is 0 Å². The van der Waals surface area contributed by atoms with Gasteiger partial charge in [0.1, 0.15) is 23.7 Å². The van der Waals surface area contributed by atoms with Crippen LogP contribution in [0.3, 0.4) is 0 Å². The van der Waals surface area contributed by atoms with Crippen molar-refractivity contribution in [1.29, 1.82) is 0 Å². The summed E-state index contributed by atoms with van der Waals surface area (Å²) in [4.78, 5) is 64.1. The molecule has 3 aliphatic heterocycles. The highest BCUT2D eigenvalue weighted by atomic mass is 32.2. The highest BCUT2D eigenvalue weighted by molar-refractivity contribution is 7.91. The van der Waals surface area contributed by atoms with E-state index in [0.717, 1.165) is 35.6 Å². The number of sulfonamides is 1. The van der Waals surface area contributed by atoms with Crippen molar-refractivity contribution in [2.75, 3.05) is 13.2 Å². The summed E-state index contributed by atoms with van der Waals surface area (Å²) in [5, 5.41) is 15.2. The van der Waals surface area contributed by atoms with E-state index in [-0.39, 0.29) is 25.3 Å². The Labute approximate surface area is 328 Å². The van der Waals surface area contributed by atoms with Crippen LogP contribution >= 0.6 is 0 Å². The lowest BCUT2D eigenvalue weighted by molar-refractivity contribution is -0.146. The van der Waals surface area contributed by atoms with E-state index in [0.29, 0.717) is 44.1 Å². The molecule has 2 saturated carbocycles. The number of nitrogens with one attached hydrogen (secondary N) is 2. The average molecular weight is 794 g/mol. The zero-order valence-corrected chi connectivity index (χ0v) is 34.0. The number of rotatable bonds is 6. The maximum atomic E-state index is 15.1. The molecule has 1 aromatic carbocycles. The standard InChI is InChI=1S/C41H55N5O9S/c1-24-12-7-8-13-26-22-41(26,37(49)44-56(52,53)40(6)17-18-40)43-33(47)31-21-27(23-45(31)36(48)32(25(2)20-24)46(38(50)51)39(3,4)5)55-35-30-15-10-9-14-28(30)29-16-11-19-54-34(29)42-35/h8-10,13-15,24-27,31-32H,7,11-12,16-23H2,1-6H3,(H,43,47)(H,44,49)(H,50,51)/b13-8-/t24-,25-,26-,27-,31+,32+,41-/m1/s1. The van der Waals surface area contributed by atoms with E-state index in [2.05, 4.69) is 17.0 Å². The average Bonchev–Trinajstić information content (AvgIpc) is 4.01. The van der Waals surface area contributed by atoms with Crippen LogP contribution in [0.5, 0.6) is 11.8 Å². The number of hydrogen-bond acceptors (Lipinski definition) is 9. The quantitative estimate of drug-likeness (QED) is 0.339. The molecule has 0 spiro atoms. The number of pyridine rings is 1. The van der Waals surface area contributed by atoms with Crippen LogP contribution in [0, 0.1) is 17.8 Å². The number of carbonyl (C=O) groups is 4. The monoisotopic (exact) mass is 793 g/mol. The van der Waals surface area contributed by atoms with Crippen molar-refractivity contribution in [2.45, 2.75) is 133 Å². The van der Waals surface area contributed by atoms with E-state index in [1.165, 1.54) is 9.80 Å². The first-order chi connectivity index (χ1) is 26.3. The third-order valence-corrected chi connectivity index (χ3v) is 14.6. The molecule has 0 radical (unpaired) electrons. The summed E-state index contributed by atoms with van der Waals surface area (Å²) < 4.78 is 40.2. The normalized spacial score (nSPS) is 30.9. The summed E-state index contributed by atoms with van der Waals surface area (Å²) in [7, 11) is -4.01. The fourth-order valence-electron chi connectivity index (χ4n) is 8.86. The predicted molar refractivity (Wildman–Crippen MR) is 208 cm³/mol. The van der Waals surface area contributed by atoms with Crippen LogP contribution in [0.25, 0.3) is 10.8 Å². The van der Waals surface area contributed by atoms with Crippen molar-refractivity contribution >= 4 is 44.6 Å². The Morgan fingerprint density at radius 1 is 1.12 bits per heavy atom. The number of carboxylic acid groups (broad SMARTS) is 1. The molecular formula is C41H55N5O9S. The van der Waals surface area contributed by atoms with E-state index in [4.69, 9.17) is 14.5 Å². The molecule has 7 rings (SSSR count). The number of hydrogen-bond donors (Lipinski definition) is 3. The molecule has 3 N–H and O–H groups in total. The van der Waals surface area contributed by atoms with Crippen LogP contribution in [0.1, 0.15) is 98.5 Å². The van der Waals surface area contributed by atoms with Gasteiger partial charge < -0.3 is 24.8 Å². The summed E-state index contributed by atoms with van der Waals surface area (Å²) in [5.41, 5.74) is -1.53. The molecule has 0 unspecified atom stereocenters. The fourth-order valence-corrected chi connectivity index (χ4v) is 10.2. The Kier molecular flexibility index (Phi) is 10.3. The Morgan fingerprint density at radius 2 is 1.84 bits per heavy atom. The van der Waals surface area contributed by atoms with Gasteiger partial charge in [-0.3, -0.25) is 24.0 Å². The van der Waals surface area contributed by atoms with Crippen LogP contribution in [0.15, 0.2) is 36.4 Å². The summed E-state index contributed by atoms with van der Waals surface area (Å²) >= 11 is 0. The number of aryl methyl sites for hydroxylation is 1. The molecule has 304 valence electrons. The number of benzene rings is 1. The van der Waals surface area contributed by atoms with Crippen molar-refractivity contribution in [3.05, 3.63) is 42.0 Å². The molecule has 1 saturated heterocycles. The zero-order valence-electron chi connectivity index (χ0n) is 33.2. The minimum Gasteiger partial charge on any atom is -0.477 e. The lowest BCUT2D eigenvalue weighted by atomic mass is 9.85. The van der Waals surface area contributed by atoms with Crippen LogP contribution in [0.4, 0.5) is 4.79 Å². The van der Waals surface area contributed by atoms with Gasteiger partial charge in [0.25, 0.3) is 5.91 Å². The van der Waals surface area contributed by atoms with Crippen LogP contribution in [0.2, 0.25) is 0 Å². The van der Waals surface area contributed by atoms with Crippen molar-refractivity contribution in [3.63, 3.8) is 0 Å². The van der Waals surface area contributed by atoms with Gasteiger partial charge in [0.2, 0.25) is 33.6 Å². The molecule has 2 aliphatic carbocycles. The van der Waals surface area contributed by atoms with E-state index in [9.17, 15) is 27.9 Å². The number of carbonyl (C=O) groups excluding carboxylic acids is 3. The van der Waals surface area contributed by atoms with E-state index >= 15 is 4.79 Å². The summed E-state index contributed by atoms with van der Waals surface area (Å²) in [5.74, 6) is -2.00. The molecule has 0 bridgehead atoms. The SMILES string of the molecule is C[C@@H]1CC/C=C\[C@@H]2C[C@@]2(C(=O)NS(=O)(=O)C2(C)CC2)NC(=O)[C@@H]2C[C@@H](Oc3nc4c(c5ccccc35)CCCO4)CN2C(=O)[C@@H](N(C(=O)O)C(C)(C)C)[C@H](C)C1. The van der Waals surface area contributed by atoms with E-state index in [1.807, 2.05) is 43.3 Å². The molecule has 7 atom stereocenters. The van der Waals surface area contributed by atoms with Crippen LogP contribution in [-0.2, 0) is 30.8 Å². The van der Waals surface area contributed by atoms with Gasteiger partial charge in [-0.25, -0.2) is 13.2 Å². The number of amides is 4. The Bertz CT molecular complexity index is 2060. The van der Waals surface area contributed by atoms with Crippen molar-refractivity contribution in [1.82, 2.24) is 24.8 Å². The fraction of sp³-hybridized carbons (Fsp3) is 0.634. The predicted octanol–water partition coefficient (Wildman–Crippen LogP) is 4.94. The lowest BCUT2D eigenvalue weighted by Crippen LogP contribution is -2.62. The van der Waals surface area contributed by atoms with Gasteiger partial charge in [-0.15, -0.1) is 0 Å². The summed E-state index contributed by atoms with van der Waals surface area (Å²) in [6.07, 6.45) is 6.48. The van der Waals surface area contributed by atoms with E-state index in [1.54, 1.807) is 27.7 Å². The van der Waals surface area contributed by atoms with Gasteiger partial charge in [-0.1, -0.05) is 44.2 Å². The number of ether oxygens (including phenoxy) is 2. The van der Waals surface area contributed by atoms with Crippen LogP contribution < -0.4 is 19.5 Å². The molecule has 4 heterocycles. The second-order valence-electron chi connectivity index (χ2n) is 17.9. The summed E-state index contributed by atoms with van der Waals surface area (Å²) in [6.45, 7) is 11.2. The third-order valence-electron chi connectivity index (χ3n) is 12.4. The highest BCUT2D eigenvalue weighted by Gasteiger charge is 2.63. The number of allylic oxidation sites excluding steroid dienone is 1. The lowest BCUT2D eigenvalue weighted by Gasteiger charge is -2.43. The Balaban J connectivity index is 1.27. The molecule has 1 aromatic heterocycles. The van der Waals surface area contributed by atoms with Gasteiger partial charge in [-0.2, -0.15) is 4.98 Å². The van der Waals surface area contributed by atoms with Crippen molar-refractivity contribution in [2.24, 2.45) is 17.8 Å². The summed E-state index contributed by atoms with van der Waals surface area (Å²) in [6, 6.07) is 5.40. The number of aromatic nitrogens is 1. The third kappa shape index (κ3) is 7.43. The Hall–Kier alpha value is -4.40. The molecule has 14 nitrogen and oxygen atoms in total. The largest absolute Gasteiger partial charge is 0.477 e.